The highest BCUT2D eigenvalue weighted by Gasteiger charge is 2.14. The van der Waals surface area contributed by atoms with Gasteiger partial charge < -0.3 is 19.2 Å². The molecular weight excluding hydrogens is 446 g/mol. The van der Waals surface area contributed by atoms with Gasteiger partial charge >= 0.3 is 17.7 Å². The summed E-state index contributed by atoms with van der Waals surface area (Å²) in [4.78, 5) is 36.1. The summed E-state index contributed by atoms with van der Waals surface area (Å²) in [7, 11) is 0. The second kappa shape index (κ2) is 13.3. The second-order valence-electron chi connectivity index (χ2n) is 8.53. The number of carbonyl (C=O) groups is 2. The molecule has 7 heteroatoms. The van der Waals surface area contributed by atoms with Gasteiger partial charge in [0.1, 0.15) is 17.9 Å². The molecule has 35 heavy (non-hydrogen) atoms. The van der Waals surface area contributed by atoms with E-state index >= 15 is 0 Å². The lowest BCUT2D eigenvalue weighted by atomic mass is 10.0. The van der Waals surface area contributed by atoms with Gasteiger partial charge in [-0.25, -0.2) is 9.59 Å². The standard InChI is InChI=1S/C28H33NO6/c1-3-4-13-22-18-26(31)35-27-20(2)24(16-15-23(22)27)34-25(30)14-9-6-10-17-29-28(32)33-19-21-11-7-5-8-12-21/h5,7-8,11-12,15-16,18H,3-4,6,9-10,13-14,17,19H2,1-2H3,(H,29,32). The summed E-state index contributed by atoms with van der Waals surface area (Å²) in [5, 5.41) is 3.59. The third-order valence-electron chi connectivity index (χ3n) is 5.76. The Morgan fingerprint density at radius 1 is 1.00 bits per heavy atom. The fourth-order valence-corrected chi connectivity index (χ4v) is 3.80. The minimum atomic E-state index is -0.454. The summed E-state index contributed by atoms with van der Waals surface area (Å²) in [6.45, 7) is 4.61. The van der Waals surface area contributed by atoms with Crippen molar-refractivity contribution in [3.8, 4) is 5.75 Å². The molecule has 0 aliphatic heterocycles. The molecule has 0 saturated heterocycles. The van der Waals surface area contributed by atoms with Crippen LogP contribution in [0.4, 0.5) is 4.79 Å². The lowest BCUT2D eigenvalue weighted by molar-refractivity contribution is -0.134. The number of fused-ring (bicyclic) bond motifs is 1. The lowest BCUT2D eigenvalue weighted by Gasteiger charge is -2.11. The van der Waals surface area contributed by atoms with Crippen LogP contribution in [0.2, 0.25) is 0 Å². The number of ether oxygens (including phenoxy) is 2. The Morgan fingerprint density at radius 2 is 1.80 bits per heavy atom. The van der Waals surface area contributed by atoms with E-state index in [4.69, 9.17) is 13.9 Å². The van der Waals surface area contributed by atoms with Crippen molar-refractivity contribution < 1.29 is 23.5 Å². The van der Waals surface area contributed by atoms with E-state index in [9.17, 15) is 14.4 Å². The highest BCUT2D eigenvalue weighted by atomic mass is 16.5. The Balaban J connectivity index is 1.40. The van der Waals surface area contributed by atoms with Crippen LogP contribution in [0.25, 0.3) is 11.0 Å². The first-order valence-corrected chi connectivity index (χ1v) is 12.2. The van der Waals surface area contributed by atoms with Gasteiger partial charge in [-0.15, -0.1) is 0 Å². The molecule has 0 aliphatic carbocycles. The molecule has 0 bridgehead atoms. The number of benzene rings is 2. The molecule has 0 fully saturated rings. The normalized spacial score (nSPS) is 10.8. The molecule has 0 aliphatic rings. The number of alkyl carbamates (subject to hydrolysis) is 1. The van der Waals surface area contributed by atoms with Crippen LogP contribution in [0, 0.1) is 6.92 Å². The second-order valence-corrected chi connectivity index (χ2v) is 8.53. The van der Waals surface area contributed by atoms with Gasteiger partial charge in [0.15, 0.2) is 0 Å². The molecule has 3 rings (SSSR count). The molecule has 7 nitrogen and oxygen atoms in total. The first-order valence-electron chi connectivity index (χ1n) is 12.2. The Labute approximate surface area is 205 Å². The summed E-state index contributed by atoms with van der Waals surface area (Å²) in [6, 6.07) is 14.6. The molecule has 3 aromatic rings. The van der Waals surface area contributed by atoms with Crippen LogP contribution >= 0.6 is 0 Å². The largest absolute Gasteiger partial charge is 0.445 e. The molecule has 0 atom stereocenters. The smallest absolute Gasteiger partial charge is 0.407 e. The number of nitrogens with one attached hydrogen (secondary N) is 1. The Morgan fingerprint density at radius 3 is 2.57 bits per heavy atom. The van der Waals surface area contributed by atoms with Gasteiger partial charge in [-0.05, 0) is 55.9 Å². The first kappa shape index (κ1) is 26.0. The van der Waals surface area contributed by atoms with Crippen molar-refractivity contribution >= 4 is 23.0 Å². The fraction of sp³-hybridized carbons (Fsp3) is 0.393. The molecule has 2 aromatic carbocycles. The molecule has 186 valence electrons. The first-order chi connectivity index (χ1) is 17.0. The van der Waals surface area contributed by atoms with Gasteiger partial charge in [0.25, 0.3) is 0 Å². The lowest BCUT2D eigenvalue weighted by Crippen LogP contribution is -2.25. The van der Waals surface area contributed by atoms with E-state index in [0.717, 1.165) is 48.6 Å². The van der Waals surface area contributed by atoms with Crippen LogP contribution in [0.5, 0.6) is 5.75 Å². The van der Waals surface area contributed by atoms with Crippen LogP contribution in [0.3, 0.4) is 0 Å². The molecule has 0 saturated carbocycles. The Kier molecular flexibility index (Phi) is 9.90. The number of rotatable bonds is 12. The van der Waals surface area contributed by atoms with Gasteiger partial charge in [-0.1, -0.05) is 50.1 Å². The summed E-state index contributed by atoms with van der Waals surface area (Å²) >= 11 is 0. The zero-order chi connectivity index (χ0) is 25.0. The fourth-order valence-electron chi connectivity index (χ4n) is 3.80. The minimum absolute atomic E-state index is 0.232. The van der Waals surface area contributed by atoms with Crippen molar-refractivity contribution in [1.29, 1.82) is 0 Å². The average molecular weight is 480 g/mol. The number of hydrogen-bond acceptors (Lipinski definition) is 6. The minimum Gasteiger partial charge on any atom is -0.445 e. The van der Waals surface area contributed by atoms with Crippen LogP contribution in [0.1, 0.15) is 62.1 Å². The average Bonchev–Trinajstić information content (AvgIpc) is 2.86. The molecule has 0 unspecified atom stereocenters. The molecule has 1 amide bonds. The van der Waals surface area contributed by atoms with E-state index in [2.05, 4.69) is 12.2 Å². The van der Waals surface area contributed by atoms with Crippen molar-refractivity contribution in [2.45, 2.75) is 65.4 Å². The van der Waals surface area contributed by atoms with Gasteiger partial charge in [-0.2, -0.15) is 0 Å². The van der Waals surface area contributed by atoms with Crippen molar-refractivity contribution in [2.75, 3.05) is 6.54 Å². The number of hydrogen-bond donors (Lipinski definition) is 1. The number of amides is 1. The number of unbranched alkanes of at least 4 members (excludes halogenated alkanes) is 3. The molecule has 1 heterocycles. The molecule has 0 radical (unpaired) electrons. The maximum absolute atomic E-state index is 12.3. The summed E-state index contributed by atoms with van der Waals surface area (Å²) in [5.74, 6) is 0.0632. The third-order valence-corrected chi connectivity index (χ3v) is 5.76. The van der Waals surface area contributed by atoms with Crippen LogP contribution in [-0.2, 0) is 22.6 Å². The number of aryl methyl sites for hydroxylation is 2. The van der Waals surface area contributed by atoms with Crippen molar-refractivity contribution in [2.24, 2.45) is 0 Å². The van der Waals surface area contributed by atoms with Crippen LogP contribution in [-0.4, -0.2) is 18.6 Å². The van der Waals surface area contributed by atoms with E-state index in [0.29, 0.717) is 29.9 Å². The van der Waals surface area contributed by atoms with E-state index in [-0.39, 0.29) is 19.0 Å². The highest BCUT2D eigenvalue weighted by molar-refractivity contribution is 5.86. The van der Waals surface area contributed by atoms with E-state index in [1.807, 2.05) is 36.4 Å². The van der Waals surface area contributed by atoms with Crippen LogP contribution in [0.15, 0.2) is 57.7 Å². The van der Waals surface area contributed by atoms with E-state index < -0.39 is 11.7 Å². The van der Waals surface area contributed by atoms with Gasteiger partial charge in [-0.3, -0.25) is 4.79 Å². The Bertz CT molecular complexity index is 1190. The number of carbonyl (C=O) groups excluding carboxylic acids is 2. The maximum Gasteiger partial charge on any atom is 0.407 e. The zero-order valence-corrected chi connectivity index (χ0v) is 20.4. The maximum atomic E-state index is 12.3. The Hall–Kier alpha value is -3.61. The predicted octanol–water partition coefficient (Wildman–Crippen LogP) is 5.84. The van der Waals surface area contributed by atoms with Gasteiger partial charge in [0.05, 0.1) is 0 Å². The molecule has 0 spiro atoms. The summed E-state index contributed by atoms with van der Waals surface area (Å²) in [6.07, 6.45) is 4.76. The van der Waals surface area contributed by atoms with Crippen LogP contribution < -0.4 is 15.7 Å². The van der Waals surface area contributed by atoms with Crippen molar-refractivity contribution in [3.05, 3.63) is 75.6 Å². The topological polar surface area (TPSA) is 94.8 Å². The van der Waals surface area contributed by atoms with E-state index in [1.165, 1.54) is 0 Å². The quantitative estimate of drug-likeness (QED) is 0.152. The summed E-state index contributed by atoms with van der Waals surface area (Å²) in [5.41, 5.74) is 2.61. The van der Waals surface area contributed by atoms with E-state index in [1.54, 1.807) is 19.1 Å². The number of esters is 1. The SMILES string of the molecule is CCCCc1cc(=O)oc2c(C)c(OC(=O)CCCCCNC(=O)OCc3ccccc3)ccc12. The van der Waals surface area contributed by atoms with Gasteiger partial charge in [0, 0.05) is 30.0 Å². The van der Waals surface area contributed by atoms with Crippen molar-refractivity contribution in [1.82, 2.24) is 5.32 Å². The van der Waals surface area contributed by atoms with Crippen molar-refractivity contribution in [3.63, 3.8) is 0 Å². The third kappa shape index (κ3) is 7.98. The highest BCUT2D eigenvalue weighted by Crippen LogP contribution is 2.29. The summed E-state index contributed by atoms with van der Waals surface area (Å²) < 4.78 is 16.1. The molecule has 1 aromatic heterocycles. The zero-order valence-electron chi connectivity index (χ0n) is 20.4. The molecular formula is C28H33NO6. The molecule has 1 N–H and O–H groups in total. The predicted molar refractivity (Wildman–Crippen MR) is 135 cm³/mol. The van der Waals surface area contributed by atoms with Gasteiger partial charge in [0.2, 0.25) is 0 Å². The monoisotopic (exact) mass is 479 g/mol.